The van der Waals surface area contributed by atoms with Gasteiger partial charge >= 0.3 is 0 Å². The van der Waals surface area contributed by atoms with E-state index in [1.54, 1.807) is 0 Å². The van der Waals surface area contributed by atoms with Gasteiger partial charge < -0.3 is 15.2 Å². The first-order valence-electron chi connectivity index (χ1n) is 7.73. The number of ether oxygens (including phenoxy) is 2. The van der Waals surface area contributed by atoms with Crippen LogP contribution in [0.2, 0.25) is 0 Å². The molecule has 122 valence electrons. The van der Waals surface area contributed by atoms with Gasteiger partial charge in [0.25, 0.3) is 0 Å². The van der Waals surface area contributed by atoms with Gasteiger partial charge in [-0.15, -0.1) is 0 Å². The summed E-state index contributed by atoms with van der Waals surface area (Å²) in [6, 6.07) is 13.8. The number of nitrogens with two attached hydrogens (primary N) is 1. The molecule has 4 heteroatoms. The molecular formula is C19H23NO2S. The molecule has 0 saturated heterocycles. The molecule has 3 nitrogen and oxygen atoms in total. The van der Waals surface area contributed by atoms with Crippen molar-refractivity contribution < 1.29 is 9.47 Å². The van der Waals surface area contributed by atoms with Crippen molar-refractivity contribution >= 4 is 17.2 Å². The summed E-state index contributed by atoms with van der Waals surface area (Å²) in [5.41, 5.74) is 8.83. The average molecular weight is 329 g/mol. The molecule has 0 radical (unpaired) electrons. The van der Waals surface area contributed by atoms with E-state index < -0.39 is 0 Å². The summed E-state index contributed by atoms with van der Waals surface area (Å²) < 4.78 is 11.6. The second-order valence-electron chi connectivity index (χ2n) is 5.78. The summed E-state index contributed by atoms with van der Waals surface area (Å²) in [7, 11) is 0. The van der Waals surface area contributed by atoms with Crippen molar-refractivity contribution in [3.63, 3.8) is 0 Å². The molecule has 0 aromatic heterocycles. The predicted molar refractivity (Wildman–Crippen MR) is 98.6 cm³/mol. The van der Waals surface area contributed by atoms with E-state index in [2.05, 4.69) is 39.0 Å². The molecule has 0 aliphatic heterocycles. The predicted octanol–water partition coefficient (Wildman–Crippen LogP) is 4.21. The molecule has 0 bridgehead atoms. The molecule has 0 aliphatic rings. The lowest BCUT2D eigenvalue weighted by Crippen LogP contribution is -2.12. The zero-order chi connectivity index (χ0) is 16.8. The van der Waals surface area contributed by atoms with Crippen LogP contribution in [-0.4, -0.2) is 18.2 Å². The Bertz CT molecular complexity index is 683. The lowest BCUT2D eigenvalue weighted by molar-refractivity contribution is 0.215. The number of hydrogen-bond acceptors (Lipinski definition) is 3. The minimum absolute atomic E-state index is 0.369. The van der Waals surface area contributed by atoms with Crippen LogP contribution in [0, 0.1) is 6.92 Å². The van der Waals surface area contributed by atoms with E-state index in [-0.39, 0.29) is 0 Å². The lowest BCUT2D eigenvalue weighted by atomic mass is 10.0. The van der Waals surface area contributed by atoms with Crippen LogP contribution in [0.4, 0.5) is 0 Å². The summed E-state index contributed by atoms with van der Waals surface area (Å²) in [5, 5.41) is 0. The van der Waals surface area contributed by atoms with Gasteiger partial charge in [-0.1, -0.05) is 50.3 Å². The number of thiocarbonyl (C=S) groups is 1. The molecule has 0 saturated carbocycles. The average Bonchev–Trinajstić information content (AvgIpc) is 2.51. The van der Waals surface area contributed by atoms with Crippen LogP contribution in [-0.2, 0) is 0 Å². The maximum atomic E-state index is 5.90. The van der Waals surface area contributed by atoms with Crippen molar-refractivity contribution in [3.8, 4) is 11.5 Å². The largest absolute Gasteiger partial charge is 0.490 e. The topological polar surface area (TPSA) is 44.5 Å². The Labute approximate surface area is 143 Å². The van der Waals surface area contributed by atoms with Crippen LogP contribution in [0.5, 0.6) is 11.5 Å². The monoisotopic (exact) mass is 329 g/mol. The van der Waals surface area contributed by atoms with E-state index in [1.165, 1.54) is 11.1 Å². The van der Waals surface area contributed by atoms with Gasteiger partial charge in [0.1, 0.15) is 29.7 Å². The summed E-state index contributed by atoms with van der Waals surface area (Å²) in [4.78, 5) is 0.369. The summed E-state index contributed by atoms with van der Waals surface area (Å²) in [6.45, 7) is 7.34. The van der Waals surface area contributed by atoms with Gasteiger partial charge in [-0.3, -0.25) is 0 Å². The van der Waals surface area contributed by atoms with E-state index >= 15 is 0 Å². The summed E-state index contributed by atoms with van der Waals surface area (Å²) in [6.07, 6.45) is 0. The molecule has 0 amide bonds. The third-order valence-corrected chi connectivity index (χ3v) is 3.75. The quantitative estimate of drug-likeness (QED) is 0.610. The van der Waals surface area contributed by atoms with Crippen LogP contribution < -0.4 is 15.2 Å². The molecule has 23 heavy (non-hydrogen) atoms. The van der Waals surface area contributed by atoms with Crippen molar-refractivity contribution in [2.24, 2.45) is 5.73 Å². The molecule has 0 heterocycles. The van der Waals surface area contributed by atoms with Crippen molar-refractivity contribution in [1.82, 2.24) is 0 Å². The summed E-state index contributed by atoms with van der Waals surface area (Å²) >= 11 is 4.97. The SMILES string of the molecule is Cc1ccc(C(C)C)c(OCCOc2cccc(C(N)=S)c2)c1. The molecule has 2 rings (SSSR count). The van der Waals surface area contributed by atoms with Crippen LogP contribution in [0.15, 0.2) is 42.5 Å². The summed E-state index contributed by atoms with van der Waals surface area (Å²) in [5.74, 6) is 2.10. The molecule has 2 aromatic carbocycles. The molecule has 2 aromatic rings. The van der Waals surface area contributed by atoms with Gasteiger partial charge in [0.2, 0.25) is 0 Å². The van der Waals surface area contributed by atoms with Crippen LogP contribution in [0.1, 0.15) is 36.5 Å². The fraction of sp³-hybridized carbons (Fsp3) is 0.316. The Hall–Kier alpha value is -2.07. The highest BCUT2D eigenvalue weighted by Gasteiger charge is 2.08. The van der Waals surface area contributed by atoms with Gasteiger partial charge in [-0.2, -0.15) is 0 Å². The fourth-order valence-corrected chi connectivity index (χ4v) is 2.42. The molecule has 0 aliphatic carbocycles. The molecule has 0 fully saturated rings. The van der Waals surface area contributed by atoms with E-state index in [1.807, 2.05) is 24.3 Å². The Balaban J connectivity index is 1.92. The highest BCUT2D eigenvalue weighted by molar-refractivity contribution is 7.80. The smallest absolute Gasteiger partial charge is 0.123 e. The van der Waals surface area contributed by atoms with Crippen molar-refractivity contribution in [3.05, 3.63) is 59.2 Å². The highest BCUT2D eigenvalue weighted by atomic mass is 32.1. The number of aryl methyl sites for hydroxylation is 1. The van der Waals surface area contributed by atoms with E-state index in [4.69, 9.17) is 27.4 Å². The van der Waals surface area contributed by atoms with Gasteiger partial charge in [-0.05, 0) is 42.2 Å². The van der Waals surface area contributed by atoms with Crippen LogP contribution in [0.25, 0.3) is 0 Å². The molecule has 0 unspecified atom stereocenters. The first-order chi connectivity index (χ1) is 11.0. The normalized spacial score (nSPS) is 10.6. The maximum absolute atomic E-state index is 5.90. The van der Waals surface area contributed by atoms with Gasteiger partial charge in [0.05, 0.1) is 0 Å². The van der Waals surface area contributed by atoms with Crippen molar-refractivity contribution in [1.29, 1.82) is 0 Å². The van der Waals surface area contributed by atoms with E-state index in [0.29, 0.717) is 24.1 Å². The number of benzene rings is 2. The fourth-order valence-electron chi connectivity index (χ4n) is 2.29. The van der Waals surface area contributed by atoms with Gasteiger partial charge in [0, 0.05) is 5.56 Å². The minimum Gasteiger partial charge on any atom is -0.490 e. The van der Waals surface area contributed by atoms with Crippen molar-refractivity contribution in [2.75, 3.05) is 13.2 Å². The lowest BCUT2D eigenvalue weighted by Gasteiger charge is -2.15. The molecule has 2 N–H and O–H groups in total. The zero-order valence-electron chi connectivity index (χ0n) is 13.8. The standard InChI is InChI=1S/C19H23NO2S/c1-13(2)17-8-7-14(3)11-18(17)22-10-9-21-16-6-4-5-15(12-16)19(20)23/h4-8,11-13H,9-10H2,1-3H3,(H2,20,23). The second-order valence-corrected chi connectivity index (χ2v) is 6.22. The zero-order valence-corrected chi connectivity index (χ0v) is 14.7. The first-order valence-corrected chi connectivity index (χ1v) is 8.14. The molecule has 0 atom stereocenters. The minimum atomic E-state index is 0.369. The Kier molecular flexibility index (Phi) is 5.99. The number of hydrogen-bond donors (Lipinski definition) is 1. The molecule has 0 spiro atoms. The Morgan fingerprint density at radius 3 is 2.52 bits per heavy atom. The van der Waals surface area contributed by atoms with Crippen LogP contribution >= 0.6 is 12.2 Å². The van der Waals surface area contributed by atoms with Crippen molar-refractivity contribution in [2.45, 2.75) is 26.7 Å². The molecular weight excluding hydrogens is 306 g/mol. The van der Waals surface area contributed by atoms with E-state index in [0.717, 1.165) is 17.1 Å². The third-order valence-electron chi connectivity index (χ3n) is 3.52. The van der Waals surface area contributed by atoms with Gasteiger partial charge in [-0.25, -0.2) is 0 Å². The third kappa shape index (κ3) is 4.96. The highest BCUT2D eigenvalue weighted by Crippen LogP contribution is 2.27. The van der Waals surface area contributed by atoms with E-state index in [9.17, 15) is 0 Å². The van der Waals surface area contributed by atoms with Gasteiger partial charge in [0.15, 0.2) is 0 Å². The Morgan fingerprint density at radius 1 is 1.09 bits per heavy atom. The maximum Gasteiger partial charge on any atom is 0.123 e. The second kappa shape index (κ2) is 7.97. The van der Waals surface area contributed by atoms with Crippen LogP contribution in [0.3, 0.4) is 0 Å². The Morgan fingerprint density at radius 2 is 1.83 bits per heavy atom. The number of rotatable bonds is 7. The first kappa shape index (κ1) is 17.3.